The number of carbonyl (C=O) groups excluding carboxylic acids is 2. The van der Waals surface area contributed by atoms with Crippen LogP contribution >= 0.6 is 0 Å². The molecule has 0 rings (SSSR count). The van der Waals surface area contributed by atoms with E-state index in [1.165, 1.54) is 19.0 Å². The van der Waals surface area contributed by atoms with Crippen molar-refractivity contribution in [3.63, 3.8) is 0 Å². The first kappa shape index (κ1) is 11.8. The molecule has 0 aromatic rings. The predicted molar refractivity (Wildman–Crippen MR) is 39.7 cm³/mol. The van der Waals surface area contributed by atoms with Crippen molar-refractivity contribution in [1.82, 2.24) is 10.2 Å². The number of amides is 1. The topological polar surface area (TPSA) is 49.4 Å². The Hall–Kier alpha value is -0.900. The molecule has 0 spiro atoms. The first-order valence-corrected chi connectivity index (χ1v) is 2.85. The van der Waals surface area contributed by atoms with Crippen molar-refractivity contribution in [3.05, 3.63) is 0 Å². The molecule has 0 aliphatic heterocycles. The number of nitrogens with zero attached hydrogens (tertiary/aromatic N) is 1. The molecule has 0 saturated heterocycles. The van der Waals surface area contributed by atoms with Crippen molar-refractivity contribution >= 4 is 12.2 Å². The molecule has 1 amide bonds. The molecule has 0 heterocycles. The van der Waals surface area contributed by atoms with E-state index in [0.717, 1.165) is 0 Å². The van der Waals surface area contributed by atoms with E-state index in [-0.39, 0.29) is 6.29 Å². The Morgan fingerprint density at radius 2 is 1.70 bits per heavy atom. The fourth-order valence-electron chi connectivity index (χ4n) is 0.105. The fourth-order valence-corrected chi connectivity index (χ4v) is 0.105. The smallest absolute Gasteiger partial charge is 0.286 e. The second-order valence-electron chi connectivity index (χ2n) is 1.85. The highest BCUT2D eigenvalue weighted by Gasteiger charge is 1.96. The molecule has 10 heavy (non-hydrogen) atoms. The molecule has 4 nitrogen and oxygen atoms in total. The normalized spacial score (nSPS) is 7.20. The van der Waals surface area contributed by atoms with Gasteiger partial charge in [0.15, 0.2) is 0 Å². The number of rotatable bonds is 1. The lowest BCUT2D eigenvalue weighted by molar-refractivity contribution is -0.136. The number of hydrogen-bond donors (Lipinski definition) is 1. The standard InChI is InChI=1S/C4H7NO2.C2H7N/c1-5(2)4(7)3-6;1-3-2/h3H,1-2H3;3H,1-2H3. The minimum absolute atomic E-state index is 0.278. The fraction of sp³-hybridized carbons (Fsp3) is 0.667. The minimum Gasteiger partial charge on any atom is -0.342 e. The predicted octanol–water partition coefficient (Wildman–Crippen LogP) is -0.891. The minimum atomic E-state index is -0.500. The van der Waals surface area contributed by atoms with Gasteiger partial charge in [-0.3, -0.25) is 9.59 Å². The van der Waals surface area contributed by atoms with Crippen molar-refractivity contribution in [2.24, 2.45) is 0 Å². The lowest BCUT2D eigenvalue weighted by Crippen LogP contribution is -2.22. The number of hydrogen-bond acceptors (Lipinski definition) is 3. The molecule has 0 aromatic carbocycles. The van der Waals surface area contributed by atoms with Crippen molar-refractivity contribution < 1.29 is 9.59 Å². The second kappa shape index (κ2) is 8.10. The summed E-state index contributed by atoms with van der Waals surface area (Å²) in [5.41, 5.74) is 0. The van der Waals surface area contributed by atoms with Gasteiger partial charge in [-0.05, 0) is 14.1 Å². The zero-order valence-electron chi connectivity index (χ0n) is 6.84. The van der Waals surface area contributed by atoms with E-state index in [2.05, 4.69) is 5.32 Å². The first-order valence-electron chi connectivity index (χ1n) is 2.85. The number of nitrogens with one attached hydrogen (secondary N) is 1. The molecule has 1 N–H and O–H groups in total. The summed E-state index contributed by atoms with van der Waals surface area (Å²) in [6.45, 7) is 0. The molecule has 0 bridgehead atoms. The van der Waals surface area contributed by atoms with Gasteiger partial charge in [0.25, 0.3) is 5.91 Å². The molecular formula is C6H14N2O2. The van der Waals surface area contributed by atoms with E-state index in [1.807, 2.05) is 14.1 Å². The summed E-state index contributed by atoms with van der Waals surface area (Å²) in [4.78, 5) is 20.8. The quantitative estimate of drug-likeness (QED) is 0.385. The molecule has 0 aliphatic carbocycles. The molecule has 0 atom stereocenters. The summed E-state index contributed by atoms with van der Waals surface area (Å²) in [5, 5.41) is 2.75. The molecule has 0 saturated carbocycles. The summed E-state index contributed by atoms with van der Waals surface area (Å²) in [6, 6.07) is 0. The third-order valence-electron chi connectivity index (χ3n) is 0.542. The van der Waals surface area contributed by atoms with E-state index >= 15 is 0 Å². The molecule has 0 fully saturated rings. The van der Waals surface area contributed by atoms with Gasteiger partial charge in [-0.25, -0.2) is 0 Å². The lowest BCUT2D eigenvalue weighted by atomic mass is 10.6. The average Bonchev–Trinajstić information content (AvgIpc) is 1.88. The van der Waals surface area contributed by atoms with Gasteiger partial charge >= 0.3 is 0 Å². The third kappa shape index (κ3) is 10.2. The van der Waals surface area contributed by atoms with Gasteiger partial charge in [0.2, 0.25) is 6.29 Å². The highest BCUT2D eigenvalue weighted by atomic mass is 16.2. The van der Waals surface area contributed by atoms with Crippen molar-refractivity contribution in [3.8, 4) is 0 Å². The monoisotopic (exact) mass is 146 g/mol. The Kier molecular flexibility index (Phi) is 9.59. The molecule has 0 aliphatic rings. The maximum absolute atomic E-state index is 10.1. The Bertz CT molecular complexity index is 102. The van der Waals surface area contributed by atoms with Gasteiger partial charge in [0.1, 0.15) is 0 Å². The van der Waals surface area contributed by atoms with E-state index in [0.29, 0.717) is 0 Å². The highest BCUT2D eigenvalue weighted by molar-refractivity contribution is 6.23. The van der Waals surface area contributed by atoms with Gasteiger partial charge in [-0.15, -0.1) is 0 Å². The van der Waals surface area contributed by atoms with Crippen molar-refractivity contribution in [1.29, 1.82) is 0 Å². The first-order chi connectivity index (χ1) is 4.59. The summed E-state index contributed by atoms with van der Waals surface area (Å²) < 4.78 is 0. The van der Waals surface area contributed by atoms with E-state index in [9.17, 15) is 9.59 Å². The molecule has 0 radical (unpaired) electrons. The largest absolute Gasteiger partial charge is 0.342 e. The Labute approximate surface area is 61.2 Å². The van der Waals surface area contributed by atoms with Crippen LogP contribution in [0.2, 0.25) is 0 Å². The number of aldehydes is 1. The zero-order chi connectivity index (χ0) is 8.57. The average molecular weight is 146 g/mol. The Morgan fingerprint density at radius 1 is 1.40 bits per heavy atom. The van der Waals surface area contributed by atoms with E-state index in [1.54, 1.807) is 0 Å². The summed E-state index contributed by atoms with van der Waals surface area (Å²) in [5.74, 6) is -0.500. The van der Waals surface area contributed by atoms with Crippen LogP contribution in [0.1, 0.15) is 0 Å². The molecular weight excluding hydrogens is 132 g/mol. The van der Waals surface area contributed by atoms with Gasteiger partial charge in [0.05, 0.1) is 0 Å². The lowest BCUT2D eigenvalue weighted by Gasteiger charge is -2.01. The maximum Gasteiger partial charge on any atom is 0.286 e. The summed E-state index contributed by atoms with van der Waals surface area (Å²) in [7, 11) is 6.80. The third-order valence-corrected chi connectivity index (χ3v) is 0.542. The number of carbonyl (C=O) groups is 2. The van der Waals surface area contributed by atoms with Crippen molar-refractivity contribution in [2.45, 2.75) is 0 Å². The van der Waals surface area contributed by atoms with Crippen LogP contribution in [0.25, 0.3) is 0 Å². The zero-order valence-corrected chi connectivity index (χ0v) is 6.84. The van der Waals surface area contributed by atoms with Gasteiger partial charge in [-0.1, -0.05) is 0 Å². The van der Waals surface area contributed by atoms with Crippen molar-refractivity contribution in [2.75, 3.05) is 28.2 Å². The molecule has 4 heteroatoms. The Morgan fingerprint density at radius 3 is 1.70 bits per heavy atom. The molecule has 60 valence electrons. The SMILES string of the molecule is CN(C)C(=O)C=O.CNC. The van der Waals surface area contributed by atoms with Crippen LogP contribution in [0, 0.1) is 0 Å². The molecule has 0 unspecified atom stereocenters. The van der Waals surface area contributed by atoms with Crippen LogP contribution in [-0.2, 0) is 9.59 Å². The van der Waals surface area contributed by atoms with Gasteiger partial charge < -0.3 is 10.2 Å². The van der Waals surface area contributed by atoms with Crippen LogP contribution in [0.15, 0.2) is 0 Å². The Balaban J connectivity index is 0. The van der Waals surface area contributed by atoms with Crippen LogP contribution < -0.4 is 5.32 Å². The van der Waals surface area contributed by atoms with E-state index in [4.69, 9.17) is 0 Å². The summed E-state index contributed by atoms with van der Waals surface area (Å²) in [6.07, 6.45) is 0.278. The van der Waals surface area contributed by atoms with Gasteiger partial charge in [0, 0.05) is 14.1 Å². The maximum atomic E-state index is 10.1. The number of likely N-dealkylation sites (N-methyl/N-ethyl adjacent to an activating group) is 1. The van der Waals surface area contributed by atoms with Gasteiger partial charge in [-0.2, -0.15) is 0 Å². The highest BCUT2D eigenvalue weighted by Crippen LogP contribution is 1.68. The molecule has 0 aromatic heterocycles. The second-order valence-corrected chi connectivity index (χ2v) is 1.85. The van der Waals surface area contributed by atoms with E-state index < -0.39 is 5.91 Å². The van der Waals surface area contributed by atoms with Crippen LogP contribution in [0.5, 0.6) is 0 Å². The van der Waals surface area contributed by atoms with Crippen LogP contribution in [-0.4, -0.2) is 45.3 Å². The van der Waals surface area contributed by atoms with Crippen LogP contribution in [0.4, 0.5) is 0 Å². The van der Waals surface area contributed by atoms with Crippen LogP contribution in [0.3, 0.4) is 0 Å². The summed E-state index contributed by atoms with van der Waals surface area (Å²) >= 11 is 0.